The van der Waals surface area contributed by atoms with Crippen LogP contribution < -0.4 is 0 Å². The summed E-state index contributed by atoms with van der Waals surface area (Å²) in [5.41, 5.74) is 4.29. The predicted molar refractivity (Wildman–Crippen MR) is 65.0 cm³/mol. The van der Waals surface area contributed by atoms with Gasteiger partial charge >= 0.3 is 5.97 Å². The van der Waals surface area contributed by atoms with Gasteiger partial charge in [0.1, 0.15) is 0 Å². The largest absolute Gasteiger partial charge is 0.478 e. The van der Waals surface area contributed by atoms with E-state index in [9.17, 15) is 4.79 Å². The molecular formula is C12H13BrO2. The fourth-order valence-electron chi connectivity index (χ4n) is 1.59. The number of carboxylic acid groups (broad SMARTS) is 1. The van der Waals surface area contributed by atoms with Gasteiger partial charge in [-0.2, -0.15) is 0 Å². The van der Waals surface area contributed by atoms with E-state index in [0.717, 1.165) is 32.8 Å². The Bertz CT molecular complexity index is 434. The van der Waals surface area contributed by atoms with Gasteiger partial charge in [0.05, 0.1) is 0 Å². The van der Waals surface area contributed by atoms with Crippen molar-refractivity contribution in [3.05, 3.63) is 38.9 Å². The number of benzene rings is 1. The summed E-state index contributed by atoms with van der Waals surface area (Å²) in [6, 6.07) is 2.04. The van der Waals surface area contributed by atoms with E-state index < -0.39 is 5.97 Å². The summed E-state index contributed by atoms with van der Waals surface area (Å²) in [5.74, 6) is -0.925. The Balaban J connectivity index is 3.30. The van der Waals surface area contributed by atoms with Crippen LogP contribution in [0.25, 0.3) is 6.08 Å². The van der Waals surface area contributed by atoms with Crippen LogP contribution in [-0.4, -0.2) is 11.1 Å². The molecule has 0 amide bonds. The SMILES string of the molecule is Cc1cc(C)c(/C=C/C(=O)O)c(C)c1Br. The number of hydrogen-bond donors (Lipinski definition) is 1. The maximum Gasteiger partial charge on any atom is 0.328 e. The third-order valence-corrected chi connectivity index (χ3v) is 3.55. The lowest BCUT2D eigenvalue weighted by Gasteiger charge is -2.10. The van der Waals surface area contributed by atoms with Gasteiger partial charge in [-0.1, -0.05) is 22.0 Å². The van der Waals surface area contributed by atoms with Crippen molar-refractivity contribution >= 4 is 28.0 Å². The number of carboxylic acids is 1. The molecule has 0 bridgehead atoms. The zero-order valence-electron chi connectivity index (χ0n) is 8.97. The van der Waals surface area contributed by atoms with Crippen molar-refractivity contribution in [1.82, 2.24) is 0 Å². The molecule has 1 aromatic carbocycles. The summed E-state index contributed by atoms with van der Waals surface area (Å²) in [7, 11) is 0. The van der Waals surface area contributed by atoms with E-state index in [0.29, 0.717) is 0 Å². The molecule has 0 fully saturated rings. The third-order valence-electron chi connectivity index (χ3n) is 2.33. The molecule has 0 aliphatic carbocycles. The van der Waals surface area contributed by atoms with E-state index in [1.807, 2.05) is 26.8 Å². The lowest BCUT2D eigenvalue weighted by molar-refractivity contribution is -0.131. The molecule has 0 aliphatic rings. The minimum Gasteiger partial charge on any atom is -0.478 e. The van der Waals surface area contributed by atoms with Crippen LogP contribution in [0, 0.1) is 20.8 Å². The van der Waals surface area contributed by atoms with Crippen molar-refractivity contribution in [3.8, 4) is 0 Å². The molecule has 15 heavy (non-hydrogen) atoms. The van der Waals surface area contributed by atoms with Gasteiger partial charge in [-0.15, -0.1) is 0 Å². The summed E-state index contributed by atoms with van der Waals surface area (Å²) < 4.78 is 1.04. The molecule has 0 heterocycles. The number of hydrogen-bond acceptors (Lipinski definition) is 1. The molecule has 0 aromatic heterocycles. The highest BCUT2D eigenvalue weighted by atomic mass is 79.9. The van der Waals surface area contributed by atoms with Gasteiger partial charge in [-0.3, -0.25) is 0 Å². The first-order valence-corrected chi connectivity index (χ1v) is 5.40. The van der Waals surface area contributed by atoms with Crippen LogP contribution in [0.5, 0.6) is 0 Å². The van der Waals surface area contributed by atoms with Crippen molar-refractivity contribution in [2.45, 2.75) is 20.8 Å². The maximum atomic E-state index is 10.4. The van der Waals surface area contributed by atoms with Gasteiger partial charge in [-0.05, 0) is 49.1 Å². The Hall–Kier alpha value is -1.09. The highest BCUT2D eigenvalue weighted by molar-refractivity contribution is 9.10. The molecule has 2 nitrogen and oxygen atoms in total. The smallest absolute Gasteiger partial charge is 0.328 e. The second kappa shape index (κ2) is 4.62. The topological polar surface area (TPSA) is 37.3 Å². The van der Waals surface area contributed by atoms with Crippen molar-refractivity contribution < 1.29 is 9.90 Å². The standard InChI is InChI=1S/C12H13BrO2/c1-7-6-8(2)12(13)9(3)10(7)4-5-11(14)15/h4-6H,1-3H3,(H,14,15)/b5-4+. The van der Waals surface area contributed by atoms with Crippen LogP contribution >= 0.6 is 15.9 Å². The molecule has 0 atom stereocenters. The second-order valence-electron chi connectivity index (χ2n) is 3.53. The molecule has 0 spiro atoms. The van der Waals surface area contributed by atoms with Crippen LogP contribution in [0.4, 0.5) is 0 Å². The number of aryl methyl sites for hydroxylation is 2. The van der Waals surface area contributed by atoms with Crippen molar-refractivity contribution in [2.24, 2.45) is 0 Å². The number of rotatable bonds is 2. The molecule has 1 N–H and O–H groups in total. The number of carbonyl (C=O) groups is 1. The average molecular weight is 269 g/mol. The van der Waals surface area contributed by atoms with E-state index in [2.05, 4.69) is 15.9 Å². The lowest BCUT2D eigenvalue weighted by atomic mass is 9.99. The molecule has 1 aromatic rings. The van der Waals surface area contributed by atoms with Gasteiger partial charge < -0.3 is 5.11 Å². The van der Waals surface area contributed by atoms with Crippen LogP contribution in [0.1, 0.15) is 22.3 Å². The Labute approximate surface area is 97.8 Å². The van der Waals surface area contributed by atoms with Gasteiger partial charge in [0.2, 0.25) is 0 Å². The third kappa shape index (κ3) is 2.69. The summed E-state index contributed by atoms with van der Waals surface area (Å²) in [5, 5.41) is 8.58. The van der Waals surface area contributed by atoms with Crippen LogP contribution in [-0.2, 0) is 4.79 Å². The van der Waals surface area contributed by atoms with E-state index in [4.69, 9.17) is 5.11 Å². The van der Waals surface area contributed by atoms with Crippen molar-refractivity contribution in [2.75, 3.05) is 0 Å². The first-order chi connectivity index (χ1) is 6.93. The highest BCUT2D eigenvalue weighted by Gasteiger charge is 2.06. The molecule has 0 radical (unpaired) electrons. The molecule has 3 heteroatoms. The summed E-state index contributed by atoms with van der Waals surface area (Å²) in [6.07, 6.45) is 2.80. The van der Waals surface area contributed by atoms with E-state index in [1.165, 1.54) is 0 Å². The molecular weight excluding hydrogens is 256 g/mol. The normalized spacial score (nSPS) is 10.9. The van der Waals surface area contributed by atoms with E-state index in [1.54, 1.807) is 6.08 Å². The zero-order valence-corrected chi connectivity index (χ0v) is 10.6. The first kappa shape index (κ1) is 12.0. The lowest BCUT2D eigenvalue weighted by Crippen LogP contribution is -1.93. The van der Waals surface area contributed by atoms with Gasteiger partial charge in [0.25, 0.3) is 0 Å². The average Bonchev–Trinajstić information content (AvgIpc) is 2.14. The predicted octanol–water partition coefficient (Wildman–Crippen LogP) is 3.47. The molecule has 0 saturated carbocycles. The number of halogens is 1. The minimum atomic E-state index is -0.925. The Kier molecular flexibility index (Phi) is 3.69. The van der Waals surface area contributed by atoms with E-state index >= 15 is 0 Å². The highest BCUT2D eigenvalue weighted by Crippen LogP contribution is 2.27. The van der Waals surface area contributed by atoms with Crippen LogP contribution in [0.3, 0.4) is 0 Å². The summed E-state index contributed by atoms with van der Waals surface area (Å²) >= 11 is 3.49. The first-order valence-electron chi connectivity index (χ1n) is 4.60. The van der Waals surface area contributed by atoms with Gasteiger partial charge in [0.15, 0.2) is 0 Å². The fourth-order valence-corrected chi connectivity index (χ4v) is 1.91. The Morgan fingerprint density at radius 3 is 2.47 bits per heavy atom. The summed E-state index contributed by atoms with van der Waals surface area (Å²) in [4.78, 5) is 10.4. The molecule has 0 aliphatic heterocycles. The van der Waals surface area contributed by atoms with Crippen molar-refractivity contribution in [1.29, 1.82) is 0 Å². The quantitative estimate of drug-likeness (QED) is 0.834. The molecule has 1 rings (SSSR count). The molecule has 0 saturated heterocycles. The van der Waals surface area contributed by atoms with Gasteiger partial charge in [0, 0.05) is 10.5 Å². The summed E-state index contributed by atoms with van der Waals surface area (Å²) in [6.45, 7) is 5.98. The van der Waals surface area contributed by atoms with Crippen LogP contribution in [0.15, 0.2) is 16.6 Å². The molecule has 0 unspecified atom stereocenters. The minimum absolute atomic E-state index is 0.925. The fraction of sp³-hybridized carbons (Fsp3) is 0.250. The second-order valence-corrected chi connectivity index (χ2v) is 4.33. The van der Waals surface area contributed by atoms with E-state index in [-0.39, 0.29) is 0 Å². The molecule has 80 valence electrons. The Morgan fingerprint density at radius 1 is 1.33 bits per heavy atom. The zero-order chi connectivity index (χ0) is 11.6. The Morgan fingerprint density at radius 2 is 1.93 bits per heavy atom. The van der Waals surface area contributed by atoms with Gasteiger partial charge in [-0.25, -0.2) is 4.79 Å². The van der Waals surface area contributed by atoms with Crippen molar-refractivity contribution in [3.63, 3.8) is 0 Å². The maximum absolute atomic E-state index is 10.4. The van der Waals surface area contributed by atoms with Crippen LogP contribution in [0.2, 0.25) is 0 Å². The number of aliphatic carboxylic acids is 1. The monoisotopic (exact) mass is 268 g/mol.